The maximum absolute atomic E-state index is 5.18. The Labute approximate surface area is 270 Å². The van der Waals surface area contributed by atoms with Crippen molar-refractivity contribution >= 4 is 0 Å². The summed E-state index contributed by atoms with van der Waals surface area (Å²) in [6, 6.07) is 45.8. The van der Waals surface area contributed by atoms with E-state index in [9.17, 15) is 0 Å². The molecule has 4 fully saturated rings. The lowest BCUT2D eigenvalue weighted by Gasteiger charge is -2.61. The fourth-order valence-electron chi connectivity index (χ4n) is 10.1. The van der Waals surface area contributed by atoms with Crippen LogP contribution in [-0.4, -0.2) is 15.0 Å². The highest BCUT2D eigenvalue weighted by atomic mass is 15.0. The number of hydrogen-bond donors (Lipinski definition) is 0. The van der Waals surface area contributed by atoms with Gasteiger partial charge < -0.3 is 0 Å². The summed E-state index contributed by atoms with van der Waals surface area (Å²) in [4.78, 5) is 15.3. The third-order valence-electron chi connectivity index (χ3n) is 11.7. The molecule has 5 aliphatic rings. The van der Waals surface area contributed by atoms with Crippen molar-refractivity contribution in [3.05, 3.63) is 139 Å². The SMILES string of the molecule is c1ccc(-c2ccc(-c3nc(-c4ccccc4)nc(-c4ccc5c(c4)C4(c6ccccc6-5)C5CC6CC(C5)CC4C6)n3)cc2)cc1. The fraction of sp³-hybridized carbons (Fsp3) is 0.233. The monoisotopic (exact) mass is 593 g/mol. The molecule has 0 N–H and O–H groups in total. The molecule has 0 amide bonds. The van der Waals surface area contributed by atoms with Gasteiger partial charge in [-0.3, -0.25) is 0 Å². The lowest BCUT2D eigenvalue weighted by atomic mass is 9.43. The number of hydrogen-bond acceptors (Lipinski definition) is 3. The van der Waals surface area contributed by atoms with Crippen LogP contribution in [0.2, 0.25) is 0 Å². The van der Waals surface area contributed by atoms with E-state index >= 15 is 0 Å². The van der Waals surface area contributed by atoms with Crippen molar-refractivity contribution in [2.24, 2.45) is 23.7 Å². The molecule has 11 rings (SSSR count). The summed E-state index contributed by atoms with van der Waals surface area (Å²) >= 11 is 0. The highest BCUT2D eigenvalue weighted by Gasteiger charge is 2.61. The van der Waals surface area contributed by atoms with Crippen LogP contribution in [0.5, 0.6) is 0 Å². The number of fused-ring (bicyclic) bond motifs is 3. The van der Waals surface area contributed by atoms with E-state index in [0.717, 1.165) is 46.2 Å². The summed E-state index contributed by atoms with van der Waals surface area (Å²) in [5.41, 5.74) is 11.5. The van der Waals surface area contributed by atoms with Crippen LogP contribution in [0.3, 0.4) is 0 Å². The minimum atomic E-state index is 0.112. The van der Waals surface area contributed by atoms with E-state index in [4.69, 9.17) is 15.0 Å². The molecule has 3 nitrogen and oxygen atoms in total. The van der Waals surface area contributed by atoms with Crippen LogP contribution < -0.4 is 0 Å². The predicted molar refractivity (Wildman–Crippen MR) is 185 cm³/mol. The van der Waals surface area contributed by atoms with Crippen molar-refractivity contribution in [2.75, 3.05) is 0 Å². The molecule has 5 aliphatic carbocycles. The Morgan fingerprint density at radius 3 is 1.50 bits per heavy atom. The normalized spacial score (nSPS) is 25.0. The van der Waals surface area contributed by atoms with Crippen molar-refractivity contribution in [1.29, 1.82) is 0 Å². The molecule has 46 heavy (non-hydrogen) atoms. The van der Waals surface area contributed by atoms with Crippen molar-refractivity contribution in [3.63, 3.8) is 0 Å². The smallest absolute Gasteiger partial charge is 0.164 e. The molecule has 222 valence electrons. The summed E-state index contributed by atoms with van der Waals surface area (Å²) in [5, 5.41) is 0. The summed E-state index contributed by atoms with van der Waals surface area (Å²) < 4.78 is 0. The number of rotatable bonds is 4. The van der Waals surface area contributed by atoms with Gasteiger partial charge in [-0.2, -0.15) is 0 Å². The molecule has 0 atom stereocenters. The van der Waals surface area contributed by atoms with Crippen LogP contribution in [0.15, 0.2) is 127 Å². The van der Waals surface area contributed by atoms with Crippen LogP contribution in [0.1, 0.15) is 43.2 Å². The minimum absolute atomic E-state index is 0.112. The molecule has 4 bridgehead atoms. The second-order valence-electron chi connectivity index (χ2n) is 14.1. The quantitative estimate of drug-likeness (QED) is 0.204. The second-order valence-corrected chi connectivity index (χ2v) is 14.1. The molecule has 4 saturated carbocycles. The minimum Gasteiger partial charge on any atom is -0.208 e. The Balaban J connectivity index is 1.13. The standard InChI is InChI=1S/C43H35N3/c1-3-9-29(10-4-1)30-15-17-32(18-16-30)41-44-40(31-11-5-2-6-12-31)45-42(46-41)33-19-20-37-36-13-7-8-14-38(36)43(39(37)26-33)34-22-27-21-28(24-34)25-35(43)23-27/h1-20,26-28,34-35H,21-25H2. The lowest BCUT2D eigenvalue weighted by molar-refractivity contribution is -0.0399. The molecule has 0 radical (unpaired) electrons. The zero-order valence-corrected chi connectivity index (χ0v) is 25.8. The van der Waals surface area contributed by atoms with E-state index < -0.39 is 0 Å². The molecule has 0 unspecified atom stereocenters. The van der Waals surface area contributed by atoms with Gasteiger partial charge in [0.1, 0.15) is 0 Å². The topological polar surface area (TPSA) is 38.7 Å². The molecule has 1 spiro atoms. The van der Waals surface area contributed by atoms with Gasteiger partial charge in [0.2, 0.25) is 0 Å². The van der Waals surface area contributed by atoms with E-state index in [-0.39, 0.29) is 5.41 Å². The molecular formula is C43H35N3. The lowest BCUT2D eigenvalue weighted by Crippen LogP contribution is -2.55. The van der Waals surface area contributed by atoms with Gasteiger partial charge in [-0.1, -0.05) is 121 Å². The summed E-state index contributed by atoms with van der Waals surface area (Å²) in [6.07, 6.45) is 6.95. The summed E-state index contributed by atoms with van der Waals surface area (Å²) in [6.45, 7) is 0. The Hall–Kier alpha value is -4.89. The first-order valence-corrected chi connectivity index (χ1v) is 17.0. The third kappa shape index (κ3) is 3.87. The van der Waals surface area contributed by atoms with Crippen molar-refractivity contribution in [1.82, 2.24) is 15.0 Å². The molecule has 3 heteroatoms. The molecule has 0 saturated heterocycles. The summed E-state index contributed by atoms with van der Waals surface area (Å²) in [5.74, 6) is 5.43. The maximum Gasteiger partial charge on any atom is 0.164 e. The predicted octanol–water partition coefficient (Wildman–Crippen LogP) is 10.3. The zero-order valence-electron chi connectivity index (χ0n) is 25.8. The van der Waals surface area contributed by atoms with Gasteiger partial charge in [-0.25, -0.2) is 15.0 Å². The largest absolute Gasteiger partial charge is 0.208 e. The molecular weight excluding hydrogens is 558 g/mol. The Morgan fingerprint density at radius 2 is 0.848 bits per heavy atom. The van der Waals surface area contributed by atoms with Gasteiger partial charge >= 0.3 is 0 Å². The van der Waals surface area contributed by atoms with Gasteiger partial charge in [0.15, 0.2) is 17.5 Å². The first kappa shape index (κ1) is 26.3. The van der Waals surface area contributed by atoms with E-state index in [1.165, 1.54) is 59.9 Å². The summed E-state index contributed by atoms with van der Waals surface area (Å²) in [7, 11) is 0. The van der Waals surface area contributed by atoms with Crippen LogP contribution in [0.25, 0.3) is 56.4 Å². The average Bonchev–Trinajstić information content (AvgIpc) is 3.41. The van der Waals surface area contributed by atoms with E-state index in [1.54, 1.807) is 5.56 Å². The Morgan fingerprint density at radius 1 is 0.391 bits per heavy atom. The number of aromatic nitrogens is 3. The van der Waals surface area contributed by atoms with Crippen LogP contribution in [0, 0.1) is 23.7 Å². The van der Waals surface area contributed by atoms with Crippen LogP contribution in [0.4, 0.5) is 0 Å². The highest BCUT2D eigenvalue weighted by molar-refractivity contribution is 5.84. The molecule has 1 aromatic heterocycles. The zero-order chi connectivity index (χ0) is 30.2. The highest BCUT2D eigenvalue weighted by Crippen LogP contribution is 2.69. The third-order valence-corrected chi connectivity index (χ3v) is 11.7. The van der Waals surface area contributed by atoms with Crippen molar-refractivity contribution < 1.29 is 0 Å². The number of benzene rings is 5. The van der Waals surface area contributed by atoms with Crippen LogP contribution in [-0.2, 0) is 5.41 Å². The van der Waals surface area contributed by atoms with E-state index in [2.05, 4.69) is 121 Å². The molecule has 0 aliphatic heterocycles. The number of nitrogens with zero attached hydrogens (tertiary/aromatic N) is 3. The van der Waals surface area contributed by atoms with Crippen molar-refractivity contribution in [2.45, 2.75) is 37.5 Å². The van der Waals surface area contributed by atoms with Gasteiger partial charge in [0.25, 0.3) is 0 Å². The second kappa shape index (κ2) is 10.1. The van der Waals surface area contributed by atoms with Crippen LogP contribution >= 0.6 is 0 Å². The van der Waals surface area contributed by atoms with Gasteiger partial charge in [0.05, 0.1) is 0 Å². The Bertz CT molecular complexity index is 2070. The van der Waals surface area contributed by atoms with E-state index in [1.807, 2.05) is 6.07 Å². The average molecular weight is 594 g/mol. The molecule has 6 aromatic rings. The van der Waals surface area contributed by atoms with Gasteiger partial charge in [-0.15, -0.1) is 0 Å². The molecule has 1 heterocycles. The Kier molecular flexibility index (Phi) is 5.76. The van der Waals surface area contributed by atoms with E-state index in [0.29, 0.717) is 11.6 Å². The van der Waals surface area contributed by atoms with Gasteiger partial charge in [-0.05, 0) is 95.2 Å². The fourth-order valence-corrected chi connectivity index (χ4v) is 10.1. The maximum atomic E-state index is 5.18. The van der Waals surface area contributed by atoms with Gasteiger partial charge in [0, 0.05) is 22.1 Å². The molecule has 5 aromatic carbocycles. The van der Waals surface area contributed by atoms with Crippen molar-refractivity contribution in [3.8, 4) is 56.4 Å². The first-order valence-electron chi connectivity index (χ1n) is 17.0. The first-order chi connectivity index (χ1) is 22.7.